The largest absolute Gasteiger partial charge is 0.366 e. The number of primary amides is 1. The summed E-state index contributed by atoms with van der Waals surface area (Å²) in [5.41, 5.74) is 5.71. The van der Waals surface area contributed by atoms with Gasteiger partial charge < -0.3 is 10.7 Å². The fourth-order valence-corrected chi connectivity index (χ4v) is 1.24. The molecule has 3 N–H and O–H groups in total. The third-order valence-electron chi connectivity index (χ3n) is 1.83. The van der Waals surface area contributed by atoms with Crippen LogP contribution in [0.2, 0.25) is 0 Å². The fraction of sp³-hybridized carbons (Fsp3) is 0.333. The van der Waals surface area contributed by atoms with Gasteiger partial charge in [0.15, 0.2) is 0 Å². The highest BCUT2D eigenvalue weighted by atomic mass is 16.1. The lowest BCUT2D eigenvalue weighted by Crippen LogP contribution is -2.21. The highest BCUT2D eigenvalue weighted by molar-refractivity contribution is 5.94. The van der Waals surface area contributed by atoms with Gasteiger partial charge in [-0.1, -0.05) is 13.3 Å². The van der Waals surface area contributed by atoms with Crippen molar-refractivity contribution in [2.45, 2.75) is 19.8 Å². The van der Waals surface area contributed by atoms with E-state index in [2.05, 4.69) is 4.98 Å². The lowest BCUT2D eigenvalue weighted by atomic mass is 10.1. The maximum absolute atomic E-state index is 11.3. The summed E-state index contributed by atoms with van der Waals surface area (Å²) in [7, 11) is 0. The molecule has 0 atom stereocenters. The summed E-state index contributed by atoms with van der Waals surface area (Å²) in [6, 6.07) is 1.54. The highest BCUT2D eigenvalue weighted by Gasteiger charge is 2.09. The molecular weight excluding hydrogens is 168 g/mol. The van der Waals surface area contributed by atoms with Gasteiger partial charge in [0.2, 0.25) is 5.91 Å². The molecule has 0 aliphatic rings. The minimum atomic E-state index is -0.547. The number of nitrogens with one attached hydrogen (secondary N) is 1. The second-order valence-corrected chi connectivity index (χ2v) is 2.81. The van der Waals surface area contributed by atoms with Gasteiger partial charge in [-0.25, -0.2) is 0 Å². The molecule has 0 spiro atoms. The molecule has 0 aromatic carbocycles. The number of aromatic nitrogens is 1. The molecule has 0 radical (unpaired) electrons. The fourth-order valence-electron chi connectivity index (χ4n) is 1.24. The van der Waals surface area contributed by atoms with E-state index in [9.17, 15) is 9.59 Å². The number of amides is 1. The predicted molar refractivity (Wildman–Crippen MR) is 49.6 cm³/mol. The van der Waals surface area contributed by atoms with Crippen molar-refractivity contribution in [2.75, 3.05) is 0 Å². The summed E-state index contributed by atoms with van der Waals surface area (Å²) in [4.78, 5) is 24.7. The molecule has 70 valence electrons. The lowest BCUT2D eigenvalue weighted by molar-refractivity contribution is 0.0999. The molecule has 1 rings (SSSR count). The maximum atomic E-state index is 11.3. The van der Waals surface area contributed by atoms with Crippen molar-refractivity contribution in [1.29, 1.82) is 0 Å². The number of pyridine rings is 1. The van der Waals surface area contributed by atoms with Crippen LogP contribution in [-0.4, -0.2) is 10.9 Å². The normalized spacial score (nSPS) is 9.92. The first-order valence-electron chi connectivity index (χ1n) is 4.17. The van der Waals surface area contributed by atoms with E-state index in [4.69, 9.17) is 5.73 Å². The number of H-pyrrole nitrogens is 1. The highest BCUT2D eigenvalue weighted by Crippen LogP contribution is 2.03. The standard InChI is InChI=1S/C9H12N2O2/c1-2-3-7-6(8(10)12)4-5-11-9(7)13/h4-5H,2-3H2,1H3,(H2,10,12)(H,11,13). The molecule has 4 heteroatoms. The van der Waals surface area contributed by atoms with E-state index in [0.29, 0.717) is 17.5 Å². The summed E-state index contributed by atoms with van der Waals surface area (Å²) in [6.07, 6.45) is 2.82. The van der Waals surface area contributed by atoms with E-state index >= 15 is 0 Å². The number of carbonyl (C=O) groups is 1. The molecule has 0 saturated carbocycles. The van der Waals surface area contributed by atoms with Gasteiger partial charge in [-0.15, -0.1) is 0 Å². The zero-order valence-corrected chi connectivity index (χ0v) is 7.46. The number of hydrogen-bond acceptors (Lipinski definition) is 2. The maximum Gasteiger partial charge on any atom is 0.251 e. The quantitative estimate of drug-likeness (QED) is 0.707. The Labute approximate surface area is 75.8 Å². The third kappa shape index (κ3) is 1.96. The molecule has 1 heterocycles. The molecule has 1 aromatic rings. The molecule has 0 saturated heterocycles. The van der Waals surface area contributed by atoms with Gasteiger partial charge in [-0.2, -0.15) is 0 Å². The van der Waals surface area contributed by atoms with Gasteiger partial charge in [-0.3, -0.25) is 9.59 Å². The Morgan fingerprint density at radius 1 is 1.62 bits per heavy atom. The van der Waals surface area contributed by atoms with Crippen molar-refractivity contribution in [1.82, 2.24) is 4.98 Å². The monoisotopic (exact) mass is 180 g/mol. The van der Waals surface area contributed by atoms with Crippen molar-refractivity contribution >= 4 is 5.91 Å². The van der Waals surface area contributed by atoms with Crippen LogP contribution < -0.4 is 11.3 Å². The Bertz CT molecular complexity index is 368. The van der Waals surface area contributed by atoms with Crippen LogP contribution in [0.1, 0.15) is 29.3 Å². The minimum Gasteiger partial charge on any atom is -0.366 e. The summed E-state index contributed by atoms with van der Waals surface area (Å²) >= 11 is 0. The number of hydrogen-bond donors (Lipinski definition) is 2. The summed E-state index contributed by atoms with van der Waals surface area (Å²) < 4.78 is 0. The molecule has 0 fully saturated rings. The Kier molecular flexibility index (Phi) is 2.84. The SMILES string of the molecule is CCCc1c(C(N)=O)cc[nH]c1=O. The van der Waals surface area contributed by atoms with Gasteiger partial charge in [-0.05, 0) is 12.5 Å². The summed E-state index contributed by atoms with van der Waals surface area (Å²) in [6.45, 7) is 1.94. The van der Waals surface area contributed by atoms with E-state index < -0.39 is 5.91 Å². The number of rotatable bonds is 3. The van der Waals surface area contributed by atoms with Crippen molar-refractivity contribution in [2.24, 2.45) is 5.73 Å². The molecule has 4 nitrogen and oxygen atoms in total. The van der Waals surface area contributed by atoms with Crippen LogP contribution in [0.15, 0.2) is 17.1 Å². The zero-order chi connectivity index (χ0) is 9.84. The Morgan fingerprint density at radius 2 is 2.31 bits per heavy atom. The van der Waals surface area contributed by atoms with E-state index in [1.807, 2.05) is 6.92 Å². The second-order valence-electron chi connectivity index (χ2n) is 2.81. The van der Waals surface area contributed by atoms with E-state index in [1.54, 1.807) is 0 Å². The average Bonchev–Trinajstić information content (AvgIpc) is 2.08. The molecule has 0 unspecified atom stereocenters. The first kappa shape index (κ1) is 9.51. The van der Waals surface area contributed by atoms with Crippen LogP contribution in [-0.2, 0) is 6.42 Å². The van der Waals surface area contributed by atoms with Gasteiger partial charge in [0, 0.05) is 17.3 Å². The first-order chi connectivity index (χ1) is 6.16. The molecule has 0 aliphatic carbocycles. The Balaban J connectivity index is 3.25. The van der Waals surface area contributed by atoms with Crippen molar-refractivity contribution in [3.05, 3.63) is 33.7 Å². The van der Waals surface area contributed by atoms with Crippen molar-refractivity contribution < 1.29 is 4.79 Å². The molecular formula is C9H12N2O2. The smallest absolute Gasteiger partial charge is 0.251 e. The minimum absolute atomic E-state index is 0.224. The van der Waals surface area contributed by atoms with Crippen LogP contribution in [0.4, 0.5) is 0 Å². The van der Waals surface area contributed by atoms with E-state index in [-0.39, 0.29) is 5.56 Å². The Hall–Kier alpha value is -1.58. The topological polar surface area (TPSA) is 76.0 Å². The van der Waals surface area contributed by atoms with Gasteiger partial charge in [0.05, 0.1) is 0 Å². The van der Waals surface area contributed by atoms with E-state index in [1.165, 1.54) is 12.3 Å². The zero-order valence-electron chi connectivity index (χ0n) is 7.46. The molecule has 0 bridgehead atoms. The van der Waals surface area contributed by atoms with Crippen LogP contribution in [0.25, 0.3) is 0 Å². The Morgan fingerprint density at radius 3 is 2.85 bits per heavy atom. The van der Waals surface area contributed by atoms with Crippen molar-refractivity contribution in [3.8, 4) is 0 Å². The van der Waals surface area contributed by atoms with Gasteiger partial charge >= 0.3 is 0 Å². The lowest BCUT2D eigenvalue weighted by Gasteiger charge is -2.02. The van der Waals surface area contributed by atoms with Crippen LogP contribution in [0.3, 0.4) is 0 Å². The molecule has 1 aromatic heterocycles. The first-order valence-corrected chi connectivity index (χ1v) is 4.17. The third-order valence-corrected chi connectivity index (χ3v) is 1.83. The van der Waals surface area contributed by atoms with Crippen LogP contribution in [0.5, 0.6) is 0 Å². The number of nitrogens with two attached hydrogens (primary N) is 1. The molecule has 0 aliphatic heterocycles. The van der Waals surface area contributed by atoms with Gasteiger partial charge in [0.1, 0.15) is 0 Å². The van der Waals surface area contributed by atoms with Crippen LogP contribution >= 0.6 is 0 Å². The molecule has 13 heavy (non-hydrogen) atoms. The number of carbonyl (C=O) groups excluding carboxylic acids is 1. The predicted octanol–water partition coefficient (Wildman–Crippen LogP) is 0.426. The summed E-state index contributed by atoms with van der Waals surface area (Å²) in [5.74, 6) is -0.547. The van der Waals surface area contributed by atoms with Crippen molar-refractivity contribution in [3.63, 3.8) is 0 Å². The second kappa shape index (κ2) is 3.89. The summed E-state index contributed by atoms with van der Waals surface area (Å²) in [5, 5.41) is 0. The van der Waals surface area contributed by atoms with E-state index in [0.717, 1.165) is 6.42 Å². The number of aromatic amines is 1. The average molecular weight is 180 g/mol. The van der Waals surface area contributed by atoms with Crippen LogP contribution in [0, 0.1) is 0 Å². The molecule has 1 amide bonds. The van der Waals surface area contributed by atoms with Gasteiger partial charge in [0.25, 0.3) is 5.56 Å².